The Bertz CT molecular complexity index is 1050. The molecule has 0 saturated heterocycles. The highest BCUT2D eigenvalue weighted by Gasteiger charge is 2.30. The van der Waals surface area contributed by atoms with Crippen molar-refractivity contribution in [1.29, 1.82) is 0 Å². The summed E-state index contributed by atoms with van der Waals surface area (Å²) in [5.41, 5.74) is 3.76. The van der Waals surface area contributed by atoms with Crippen LogP contribution in [0.5, 0.6) is 5.75 Å². The molecule has 0 fully saturated rings. The van der Waals surface area contributed by atoms with Crippen LogP contribution >= 0.6 is 0 Å². The highest BCUT2D eigenvalue weighted by atomic mass is 19.1. The van der Waals surface area contributed by atoms with Gasteiger partial charge in [0.1, 0.15) is 11.6 Å². The Hall–Kier alpha value is -3.66. The summed E-state index contributed by atoms with van der Waals surface area (Å²) in [5, 5.41) is 0. The SMILES string of the molecule is COc1ccc(C=C2C=C(c3ccccc3)N(c3ccc(F)cc3)C2=O)cc1. The third-order valence-electron chi connectivity index (χ3n) is 4.58. The predicted molar refractivity (Wildman–Crippen MR) is 109 cm³/mol. The number of nitrogens with zero attached hydrogens (tertiary/aromatic N) is 1. The van der Waals surface area contributed by atoms with Gasteiger partial charge in [0.05, 0.1) is 12.8 Å². The third-order valence-corrected chi connectivity index (χ3v) is 4.58. The largest absolute Gasteiger partial charge is 0.497 e. The topological polar surface area (TPSA) is 29.5 Å². The number of amides is 1. The van der Waals surface area contributed by atoms with Crippen LogP contribution in [0.25, 0.3) is 11.8 Å². The third kappa shape index (κ3) is 3.45. The molecule has 1 heterocycles. The molecule has 4 heteroatoms. The summed E-state index contributed by atoms with van der Waals surface area (Å²) < 4.78 is 18.6. The van der Waals surface area contributed by atoms with Gasteiger partial charge >= 0.3 is 0 Å². The molecule has 0 aromatic heterocycles. The van der Waals surface area contributed by atoms with Crippen molar-refractivity contribution in [3.8, 4) is 5.75 Å². The van der Waals surface area contributed by atoms with E-state index in [1.165, 1.54) is 12.1 Å². The van der Waals surface area contributed by atoms with E-state index in [0.717, 1.165) is 22.6 Å². The van der Waals surface area contributed by atoms with Crippen molar-refractivity contribution < 1.29 is 13.9 Å². The van der Waals surface area contributed by atoms with Crippen LogP contribution in [0.3, 0.4) is 0 Å². The number of carbonyl (C=O) groups is 1. The summed E-state index contributed by atoms with van der Waals surface area (Å²) in [6, 6.07) is 23.1. The lowest BCUT2D eigenvalue weighted by molar-refractivity contribution is -0.113. The van der Waals surface area contributed by atoms with E-state index in [9.17, 15) is 9.18 Å². The van der Waals surface area contributed by atoms with Gasteiger partial charge in [0.15, 0.2) is 0 Å². The molecule has 1 aliphatic rings. The number of ether oxygens (including phenoxy) is 1. The Morgan fingerprint density at radius 2 is 1.57 bits per heavy atom. The maximum absolute atomic E-state index is 13.4. The molecule has 3 aromatic rings. The van der Waals surface area contributed by atoms with Crippen molar-refractivity contribution in [3.63, 3.8) is 0 Å². The minimum atomic E-state index is -0.338. The zero-order valence-corrected chi connectivity index (χ0v) is 15.3. The highest BCUT2D eigenvalue weighted by Crippen LogP contribution is 2.35. The van der Waals surface area contributed by atoms with Crippen LogP contribution in [0.2, 0.25) is 0 Å². The molecule has 1 amide bonds. The van der Waals surface area contributed by atoms with Crippen LogP contribution in [0.1, 0.15) is 11.1 Å². The van der Waals surface area contributed by atoms with Gasteiger partial charge in [-0.15, -0.1) is 0 Å². The van der Waals surface area contributed by atoms with Gasteiger partial charge in [-0.05, 0) is 59.7 Å². The van der Waals surface area contributed by atoms with Gasteiger partial charge in [-0.2, -0.15) is 0 Å². The number of methoxy groups -OCH3 is 1. The average Bonchev–Trinajstić information content (AvgIpc) is 3.06. The van der Waals surface area contributed by atoms with Gasteiger partial charge in [0.2, 0.25) is 0 Å². The summed E-state index contributed by atoms with van der Waals surface area (Å²) in [6.45, 7) is 0. The average molecular weight is 371 g/mol. The van der Waals surface area contributed by atoms with E-state index >= 15 is 0 Å². The molecule has 0 spiro atoms. The summed E-state index contributed by atoms with van der Waals surface area (Å²) >= 11 is 0. The van der Waals surface area contributed by atoms with Crippen molar-refractivity contribution in [2.45, 2.75) is 0 Å². The molecular formula is C24H18FNO2. The molecule has 3 nitrogen and oxygen atoms in total. The second-order valence-electron chi connectivity index (χ2n) is 6.39. The zero-order valence-electron chi connectivity index (χ0n) is 15.3. The molecule has 0 aliphatic carbocycles. The van der Waals surface area contributed by atoms with Gasteiger partial charge in [-0.25, -0.2) is 4.39 Å². The molecule has 4 rings (SSSR count). The van der Waals surface area contributed by atoms with Crippen molar-refractivity contribution in [1.82, 2.24) is 0 Å². The first-order valence-corrected chi connectivity index (χ1v) is 8.88. The molecule has 1 aliphatic heterocycles. The molecule has 0 radical (unpaired) electrons. The molecule has 0 atom stereocenters. The number of benzene rings is 3. The number of hydrogen-bond acceptors (Lipinski definition) is 2. The number of hydrogen-bond donors (Lipinski definition) is 0. The van der Waals surface area contributed by atoms with E-state index in [0.29, 0.717) is 11.3 Å². The van der Waals surface area contributed by atoms with E-state index < -0.39 is 0 Å². The van der Waals surface area contributed by atoms with Gasteiger partial charge < -0.3 is 4.74 Å². The Morgan fingerprint density at radius 3 is 2.21 bits per heavy atom. The molecular weight excluding hydrogens is 353 g/mol. The monoisotopic (exact) mass is 371 g/mol. The van der Waals surface area contributed by atoms with Crippen LogP contribution in [0, 0.1) is 5.82 Å². The molecule has 3 aromatic carbocycles. The summed E-state index contributed by atoms with van der Waals surface area (Å²) in [4.78, 5) is 14.8. The van der Waals surface area contributed by atoms with Gasteiger partial charge in [-0.1, -0.05) is 42.5 Å². The minimum Gasteiger partial charge on any atom is -0.497 e. The number of halogens is 1. The van der Waals surface area contributed by atoms with Gasteiger partial charge in [0, 0.05) is 11.3 Å². The fourth-order valence-electron chi connectivity index (χ4n) is 3.16. The molecule has 138 valence electrons. The first-order chi connectivity index (χ1) is 13.7. The smallest absolute Gasteiger partial charge is 0.262 e. The van der Waals surface area contributed by atoms with Crippen LogP contribution in [0.15, 0.2) is 90.5 Å². The maximum atomic E-state index is 13.4. The molecule has 28 heavy (non-hydrogen) atoms. The van der Waals surface area contributed by atoms with Crippen LogP contribution < -0.4 is 9.64 Å². The van der Waals surface area contributed by atoms with E-state index in [-0.39, 0.29) is 11.7 Å². The number of anilines is 1. The Kier molecular flexibility index (Phi) is 4.77. The van der Waals surface area contributed by atoms with Gasteiger partial charge in [0.25, 0.3) is 5.91 Å². The lowest BCUT2D eigenvalue weighted by Gasteiger charge is -2.20. The normalized spacial score (nSPS) is 15.1. The second kappa shape index (κ2) is 7.53. The first kappa shape index (κ1) is 17.7. The van der Waals surface area contributed by atoms with E-state index in [1.54, 1.807) is 24.1 Å². The van der Waals surface area contributed by atoms with E-state index in [1.807, 2.05) is 66.7 Å². The molecule has 0 bridgehead atoms. The van der Waals surface area contributed by atoms with Crippen molar-refractivity contribution >= 4 is 23.4 Å². The molecule has 0 N–H and O–H groups in total. The van der Waals surface area contributed by atoms with Crippen LogP contribution in [0.4, 0.5) is 10.1 Å². The maximum Gasteiger partial charge on any atom is 0.262 e. The highest BCUT2D eigenvalue weighted by molar-refractivity contribution is 6.23. The predicted octanol–water partition coefficient (Wildman–Crippen LogP) is 5.31. The van der Waals surface area contributed by atoms with Crippen LogP contribution in [-0.4, -0.2) is 13.0 Å². The standard InChI is InChI=1S/C24H18FNO2/c1-28-22-13-7-17(8-14-22)15-19-16-23(18-5-3-2-4-6-18)26(24(19)27)21-11-9-20(25)10-12-21/h2-16H,1H3. The molecule has 0 saturated carbocycles. The van der Waals surface area contributed by atoms with Crippen molar-refractivity contribution in [2.75, 3.05) is 12.0 Å². The second-order valence-corrected chi connectivity index (χ2v) is 6.39. The van der Waals surface area contributed by atoms with Crippen molar-refractivity contribution in [2.24, 2.45) is 0 Å². The fourth-order valence-corrected chi connectivity index (χ4v) is 3.16. The fraction of sp³-hybridized carbons (Fsp3) is 0.0417. The summed E-state index contributed by atoms with van der Waals surface area (Å²) in [7, 11) is 1.61. The zero-order chi connectivity index (χ0) is 19.5. The van der Waals surface area contributed by atoms with E-state index in [4.69, 9.17) is 4.74 Å². The minimum absolute atomic E-state index is 0.152. The Labute approximate surface area is 163 Å². The summed E-state index contributed by atoms with van der Waals surface area (Å²) in [6.07, 6.45) is 3.71. The van der Waals surface area contributed by atoms with Crippen molar-refractivity contribution in [3.05, 3.63) is 107 Å². The quantitative estimate of drug-likeness (QED) is 0.582. The summed E-state index contributed by atoms with van der Waals surface area (Å²) in [5.74, 6) is 0.268. The molecule has 0 unspecified atom stereocenters. The lowest BCUT2D eigenvalue weighted by atomic mass is 10.1. The first-order valence-electron chi connectivity index (χ1n) is 8.88. The lowest BCUT2D eigenvalue weighted by Crippen LogP contribution is -2.24. The Morgan fingerprint density at radius 1 is 0.893 bits per heavy atom. The van der Waals surface area contributed by atoms with E-state index in [2.05, 4.69) is 0 Å². The Balaban J connectivity index is 1.78. The number of carbonyl (C=O) groups excluding carboxylic acids is 1. The van der Waals surface area contributed by atoms with Gasteiger partial charge in [-0.3, -0.25) is 9.69 Å². The number of rotatable bonds is 4. The van der Waals surface area contributed by atoms with Crippen LogP contribution in [-0.2, 0) is 4.79 Å².